The van der Waals surface area contributed by atoms with E-state index in [1.54, 1.807) is 0 Å². The van der Waals surface area contributed by atoms with Crippen LogP contribution in [0.25, 0.3) is 0 Å². The van der Waals surface area contributed by atoms with Gasteiger partial charge < -0.3 is 0 Å². The molecule has 0 aromatic heterocycles. The predicted molar refractivity (Wildman–Crippen MR) is 79.3 cm³/mol. The van der Waals surface area contributed by atoms with Gasteiger partial charge in [0.15, 0.2) is 9.84 Å². The van der Waals surface area contributed by atoms with Gasteiger partial charge in [0.1, 0.15) is 0 Å². The zero-order valence-electron chi connectivity index (χ0n) is 11.5. The van der Waals surface area contributed by atoms with E-state index < -0.39 is 9.84 Å². The number of hydrogen-bond acceptors (Lipinski definition) is 2. The van der Waals surface area contributed by atoms with Crippen LogP contribution in [0.4, 0.5) is 0 Å². The van der Waals surface area contributed by atoms with Gasteiger partial charge in [-0.3, -0.25) is 0 Å². The topological polar surface area (TPSA) is 34.1 Å². The van der Waals surface area contributed by atoms with E-state index in [4.69, 9.17) is 23.2 Å². The molecule has 0 N–H and O–H groups in total. The molecule has 5 heteroatoms. The predicted octanol–water partition coefficient (Wildman–Crippen LogP) is 3.71. The zero-order valence-corrected chi connectivity index (χ0v) is 13.8. The fourth-order valence-electron chi connectivity index (χ4n) is 2.49. The maximum Gasteiger partial charge on any atom is 0.150 e. The van der Waals surface area contributed by atoms with Crippen LogP contribution >= 0.6 is 23.2 Å². The number of rotatable bonds is 5. The highest BCUT2D eigenvalue weighted by Gasteiger charge is 2.43. The second-order valence-corrected chi connectivity index (χ2v) is 9.55. The van der Waals surface area contributed by atoms with Gasteiger partial charge in [-0.15, -0.1) is 23.2 Å². The molecule has 1 heterocycles. The van der Waals surface area contributed by atoms with Gasteiger partial charge in [0.2, 0.25) is 0 Å². The van der Waals surface area contributed by atoms with E-state index in [0.29, 0.717) is 23.9 Å². The van der Waals surface area contributed by atoms with Crippen molar-refractivity contribution in [3.8, 4) is 0 Å². The lowest BCUT2D eigenvalue weighted by Crippen LogP contribution is -2.36. The Morgan fingerprint density at radius 3 is 2.00 bits per heavy atom. The Morgan fingerprint density at radius 2 is 1.67 bits per heavy atom. The molecule has 108 valence electrons. The van der Waals surface area contributed by atoms with E-state index in [1.807, 2.05) is 0 Å². The fraction of sp³-hybridized carbons (Fsp3) is 1.00. The Hall–Kier alpha value is 0.530. The first-order chi connectivity index (χ1) is 8.14. The summed E-state index contributed by atoms with van der Waals surface area (Å²) in [5.74, 6) is 1.58. The van der Waals surface area contributed by atoms with Gasteiger partial charge in [-0.1, -0.05) is 20.8 Å². The molecule has 1 saturated heterocycles. The molecule has 0 amide bonds. The molecule has 0 radical (unpaired) electrons. The maximum absolute atomic E-state index is 11.6. The Kier molecular flexibility index (Phi) is 5.42. The summed E-state index contributed by atoms with van der Waals surface area (Å²) >= 11 is 12.3. The first-order valence-electron chi connectivity index (χ1n) is 6.46. The van der Waals surface area contributed by atoms with Crippen LogP contribution in [0, 0.1) is 16.7 Å². The van der Waals surface area contributed by atoms with Crippen molar-refractivity contribution in [1.82, 2.24) is 0 Å². The summed E-state index contributed by atoms with van der Waals surface area (Å²) in [5.41, 5.74) is 0.000802. The third-order valence-electron chi connectivity index (χ3n) is 4.00. The summed E-state index contributed by atoms with van der Waals surface area (Å²) < 4.78 is 23.3. The van der Waals surface area contributed by atoms with Crippen LogP contribution in [-0.2, 0) is 9.84 Å². The molecule has 1 unspecified atom stereocenters. The van der Waals surface area contributed by atoms with Crippen molar-refractivity contribution < 1.29 is 8.42 Å². The molecule has 0 aromatic carbocycles. The van der Waals surface area contributed by atoms with Gasteiger partial charge in [-0.05, 0) is 30.6 Å². The number of hydrogen-bond donors (Lipinski definition) is 0. The summed E-state index contributed by atoms with van der Waals surface area (Å²) in [5, 5.41) is 0. The van der Waals surface area contributed by atoms with E-state index in [2.05, 4.69) is 20.8 Å². The maximum atomic E-state index is 11.6. The van der Waals surface area contributed by atoms with Gasteiger partial charge in [-0.25, -0.2) is 8.42 Å². The molecule has 1 rings (SSSR count). The summed E-state index contributed by atoms with van der Waals surface area (Å²) in [6, 6.07) is 0. The zero-order chi connectivity index (χ0) is 14.0. The minimum absolute atomic E-state index is 0.125. The lowest BCUT2D eigenvalue weighted by molar-refractivity contribution is 0.189. The molecule has 1 aliphatic rings. The first kappa shape index (κ1) is 16.6. The highest BCUT2D eigenvalue weighted by atomic mass is 35.5. The van der Waals surface area contributed by atoms with Crippen molar-refractivity contribution in [3.05, 3.63) is 0 Å². The van der Waals surface area contributed by atoms with Crippen molar-refractivity contribution >= 4 is 33.0 Å². The molecular weight excluding hydrogens is 291 g/mol. The first-order valence-corrected chi connectivity index (χ1v) is 9.36. The molecule has 0 spiro atoms. The van der Waals surface area contributed by atoms with Gasteiger partial charge in [0, 0.05) is 17.2 Å². The minimum atomic E-state index is -2.87. The quantitative estimate of drug-likeness (QED) is 0.725. The molecule has 0 aromatic rings. The SMILES string of the molecule is CC(C)(C)CCC(CCl)(CCl)C1CCS(=O)(=O)C1. The lowest BCUT2D eigenvalue weighted by atomic mass is 9.71. The Labute approximate surface area is 121 Å². The van der Waals surface area contributed by atoms with Crippen LogP contribution < -0.4 is 0 Å². The van der Waals surface area contributed by atoms with Gasteiger partial charge in [0.05, 0.1) is 11.5 Å². The highest BCUT2D eigenvalue weighted by Crippen LogP contribution is 2.43. The Morgan fingerprint density at radius 1 is 1.11 bits per heavy atom. The molecular formula is C13H24Cl2O2S. The van der Waals surface area contributed by atoms with E-state index in [-0.39, 0.29) is 22.5 Å². The highest BCUT2D eigenvalue weighted by molar-refractivity contribution is 7.91. The van der Waals surface area contributed by atoms with Crippen LogP contribution in [0.3, 0.4) is 0 Å². The number of halogens is 2. The van der Waals surface area contributed by atoms with E-state index >= 15 is 0 Å². The normalized spacial score (nSPS) is 24.4. The molecule has 1 aliphatic heterocycles. The molecule has 0 saturated carbocycles. The largest absolute Gasteiger partial charge is 0.229 e. The Balaban J connectivity index is 2.81. The summed E-state index contributed by atoms with van der Waals surface area (Å²) in [6.07, 6.45) is 2.64. The molecule has 1 atom stereocenters. The van der Waals surface area contributed by atoms with E-state index in [1.165, 1.54) is 0 Å². The molecule has 18 heavy (non-hydrogen) atoms. The van der Waals surface area contributed by atoms with E-state index in [0.717, 1.165) is 12.8 Å². The summed E-state index contributed by atoms with van der Waals surface area (Å²) in [6.45, 7) is 6.56. The van der Waals surface area contributed by atoms with Crippen molar-refractivity contribution in [2.45, 2.75) is 40.0 Å². The van der Waals surface area contributed by atoms with Gasteiger partial charge >= 0.3 is 0 Å². The standard InChI is InChI=1S/C13H24Cl2O2S/c1-12(2,3)5-6-13(9-14,10-15)11-4-7-18(16,17)8-11/h11H,4-10H2,1-3H3. The van der Waals surface area contributed by atoms with Crippen LogP contribution in [0.2, 0.25) is 0 Å². The van der Waals surface area contributed by atoms with E-state index in [9.17, 15) is 8.42 Å². The molecule has 1 fully saturated rings. The van der Waals surface area contributed by atoms with Crippen molar-refractivity contribution in [3.63, 3.8) is 0 Å². The van der Waals surface area contributed by atoms with Crippen LogP contribution in [-0.4, -0.2) is 31.7 Å². The molecule has 2 nitrogen and oxygen atoms in total. The van der Waals surface area contributed by atoms with Crippen LogP contribution in [0.5, 0.6) is 0 Å². The van der Waals surface area contributed by atoms with Gasteiger partial charge in [0.25, 0.3) is 0 Å². The third kappa shape index (κ3) is 4.28. The van der Waals surface area contributed by atoms with Crippen molar-refractivity contribution in [1.29, 1.82) is 0 Å². The average Bonchev–Trinajstić information content (AvgIpc) is 2.60. The summed E-state index contributed by atoms with van der Waals surface area (Å²) in [7, 11) is -2.87. The monoisotopic (exact) mass is 314 g/mol. The molecule has 0 bridgehead atoms. The van der Waals surface area contributed by atoms with Crippen molar-refractivity contribution in [2.75, 3.05) is 23.3 Å². The van der Waals surface area contributed by atoms with Crippen LogP contribution in [0.15, 0.2) is 0 Å². The Bertz CT molecular complexity index is 367. The minimum Gasteiger partial charge on any atom is -0.229 e. The summed E-state index contributed by atoms with van der Waals surface area (Å²) in [4.78, 5) is 0. The second-order valence-electron chi connectivity index (χ2n) is 6.79. The third-order valence-corrected chi connectivity index (χ3v) is 6.84. The van der Waals surface area contributed by atoms with Crippen molar-refractivity contribution in [2.24, 2.45) is 16.7 Å². The smallest absolute Gasteiger partial charge is 0.150 e. The average molecular weight is 315 g/mol. The fourth-order valence-corrected chi connectivity index (χ4v) is 5.43. The number of alkyl halides is 2. The lowest BCUT2D eigenvalue weighted by Gasteiger charge is -2.37. The molecule has 0 aliphatic carbocycles. The van der Waals surface area contributed by atoms with Gasteiger partial charge in [-0.2, -0.15) is 0 Å². The van der Waals surface area contributed by atoms with Crippen LogP contribution in [0.1, 0.15) is 40.0 Å². The number of sulfone groups is 1. The second kappa shape index (κ2) is 5.88.